The molecule has 0 aliphatic carbocycles. The minimum absolute atomic E-state index is 0. The highest BCUT2D eigenvalue weighted by Gasteiger charge is 2.25. The molecular formula is C11H18ClN3OS. The highest BCUT2D eigenvalue weighted by molar-refractivity contribution is 7.09. The van der Waals surface area contributed by atoms with Crippen molar-refractivity contribution in [2.45, 2.75) is 19.8 Å². The summed E-state index contributed by atoms with van der Waals surface area (Å²) in [5, 5.41) is 2.80. The van der Waals surface area contributed by atoms with Gasteiger partial charge in [0.1, 0.15) is 5.69 Å². The Balaban J connectivity index is 0.00000144. The molecule has 0 spiro atoms. The summed E-state index contributed by atoms with van der Waals surface area (Å²) in [6.07, 6.45) is 1.86. The summed E-state index contributed by atoms with van der Waals surface area (Å²) < 4.78 is 0. The van der Waals surface area contributed by atoms with Gasteiger partial charge >= 0.3 is 0 Å². The first-order chi connectivity index (χ1) is 7.70. The first-order valence-electron chi connectivity index (χ1n) is 5.64. The van der Waals surface area contributed by atoms with Crippen molar-refractivity contribution >= 4 is 29.7 Å². The molecule has 1 aliphatic rings. The largest absolute Gasteiger partial charge is 0.337 e. The van der Waals surface area contributed by atoms with Crippen LogP contribution in [0.2, 0.25) is 0 Å². The summed E-state index contributed by atoms with van der Waals surface area (Å²) in [7, 11) is 0. The van der Waals surface area contributed by atoms with E-state index in [1.807, 2.05) is 10.3 Å². The Hall–Kier alpha value is -0.650. The number of amides is 1. The lowest BCUT2D eigenvalue weighted by molar-refractivity contribution is 0.0783. The number of halogens is 1. The Morgan fingerprint density at radius 1 is 1.71 bits per heavy atom. The summed E-state index contributed by atoms with van der Waals surface area (Å²) in [6.45, 7) is 4.49. The highest BCUT2D eigenvalue weighted by Crippen LogP contribution is 2.19. The van der Waals surface area contributed by atoms with Gasteiger partial charge in [0.25, 0.3) is 5.91 Å². The van der Waals surface area contributed by atoms with E-state index in [1.54, 1.807) is 0 Å². The van der Waals surface area contributed by atoms with E-state index in [-0.39, 0.29) is 18.3 Å². The molecule has 4 nitrogen and oxygen atoms in total. The van der Waals surface area contributed by atoms with Crippen LogP contribution in [0.3, 0.4) is 0 Å². The van der Waals surface area contributed by atoms with Crippen molar-refractivity contribution in [1.82, 2.24) is 9.88 Å². The average molecular weight is 276 g/mol. The topological polar surface area (TPSA) is 59.2 Å². The van der Waals surface area contributed by atoms with E-state index in [0.717, 1.165) is 30.9 Å². The van der Waals surface area contributed by atoms with Crippen LogP contribution in [0, 0.1) is 5.92 Å². The predicted octanol–water partition coefficient (Wildman–Crippen LogP) is 1.55. The normalized spacial score (nSPS) is 19.2. The number of carbonyl (C=O) groups excluding carboxylic acids is 1. The first-order valence-corrected chi connectivity index (χ1v) is 6.52. The molecule has 1 aromatic rings. The second kappa shape index (κ2) is 6.33. The Morgan fingerprint density at radius 2 is 2.47 bits per heavy atom. The maximum absolute atomic E-state index is 12.0. The van der Waals surface area contributed by atoms with Crippen LogP contribution in [0.15, 0.2) is 5.38 Å². The molecule has 0 saturated carbocycles. The molecule has 0 bridgehead atoms. The van der Waals surface area contributed by atoms with Gasteiger partial charge in [-0.15, -0.1) is 23.7 Å². The number of likely N-dealkylation sites (tertiary alicyclic amines) is 1. The number of carbonyl (C=O) groups is 1. The van der Waals surface area contributed by atoms with Crippen LogP contribution >= 0.6 is 23.7 Å². The Bertz CT molecular complexity index is 383. The van der Waals surface area contributed by atoms with Crippen molar-refractivity contribution < 1.29 is 4.79 Å². The van der Waals surface area contributed by atoms with E-state index in [4.69, 9.17) is 5.73 Å². The summed E-state index contributed by atoms with van der Waals surface area (Å²) >= 11 is 1.52. The zero-order valence-corrected chi connectivity index (χ0v) is 11.5. The fraction of sp³-hybridized carbons (Fsp3) is 0.636. The molecule has 1 atom stereocenters. The molecule has 2 rings (SSSR count). The van der Waals surface area contributed by atoms with Crippen LogP contribution in [0.4, 0.5) is 0 Å². The van der Waals surface area contributed by atoms with Crippen molar-refractivity contribution in [3.05, 3.63) is 16.1 Å². The van der Waals surface area contributed by atoms with Gasteiger partial charge in [-0.3, -0.25) is 4.79 Å². The molecule has 2 N–H and O–H groups in total. The summed E-state index contributed by atoms with van der Waals surface area (Å²) in [5.41, 5.74) is 6.04. The zero-order chi connectivity index (χ0) is 11.5. The van der Waals surface area contributed by atoms with Gasteiger partial charge in [-0.1, -0.05) is 6.92 Å². The fourth-order valence-electron chi connectivity index (χ4n) is 1.93. The number of nitrogens with two attached hydrogens (primary N) is 1. The van der Waals surface area contributed by atoms with E-state index < -0.39 is 0 Å². The average Bonchev–Trinajstić information content (AvgIpc) is 2.87. The van der Waals surface area contributed by atoms with Gasteiger partial charge in [0.05, 0.1) is 5.01 Å². The molecular weight excluding hydrogens is 258 g/mol. The molecule has 17 heavy (non-hydrogen) atoms. The zero-order valence-electron chi connectivity index (χ0n) is 9.89. The SMILES string of the molecule is CC1CCN(C(=O)c2csc(CCN)n2)C1.Cl. The number of hydrogen-bond acceptors (Lipinski definition) is 4. The lowest BCUT2D eigenvalue weighted by Crippen LogP contribution is -2.28. The van der Waals surface area contributed by atoms with E-state index in [9.17, 15) is 4.79 Å². The van der Waals surface area contributed by atoms with E-state index in [2.05, 4.69) is 11.9 Å². The van der Waals surface area contributed by atoms with Gasteiger partial charge in [-0.25, -0.2) is 4.98 Å². The van der Waals surface area contributed by atoms with Crippen LogP contribution in [0.5, 0.6) is 0 Å². The molecule has 1 aliphatic heterocycles. The molecule has 96 valence electrons. The quantitative estimate of drug-likeness (QED) is 0.910. The highest BCUT2D eigenvalue weighted by atomic mass is 35.5. The van der Waals surface area contributed by atoms with Crippen molar-refractivity contribution in [2.75, 3.05) is 19.6 Å². The third-order valence-corrected chi connectivity index (χ3v) is 3.75. The summed E-state index contributed by atoms with van der Waals surface area (Å²) in [4.78, 5) is 18.3. The van der Waals surface area contributed by atoms with Gasteiger partial charge in [0.15, 0.2) is 0 Å². The maximum atomic E-state index is 12.0. The van der Waals surface area contributed by atoms with Crippen molar-refractivity contribution in [3.8, 4) is 0 Å². The van der Waals surface area contributed by atoms with Crippen molar-refractivity contribution in [2.24, 2.45) is 11.7 Å². The number of hydrogen-bond donors (Lipinski definition) is 1. The van der Waals surface area contributed by atoms with Crippen LogP contribution in [0.1, 0.15) is 28.8 Å². The standard InChI is InChI=1S/C11H17N3OS.ClH/c1-8-3-5-14(6-8)11(15)9-7-16-10(13-9)2-4-12;/h7-8H,2-6,12H2,1H3;1H. The molecule has 1 saturated heterocycles. The molecule has 6 heteroatoms. The van der Waals surface area contributed by atoms with Crippen LogP contribution in [-0.4, -0.2) is 35.4 Å². The molecule has 1 unspecified atom stereocenters. The minimum atomic E-state index is 0. The van der Waals surface area contributed by atoms with E-state index >= 15 is 0 Å². The minimum Gasteiger partial charge on any atom is -0.337 e. The van der Waals surface area contributed by atoms with Crippen molar-refractivity contribution in [3.63, 3.8) is 0 Å². The summed E-state index contributed by atoms with van der Waals surface area (Å²) in [6, 6.07) is 0. The molecule has 2 heterocycles. The molecule has 0 radical (unpaired) electrons. The third kappa shape index (κ3) is 3.40. The lowest BCUT2D eigenvalue weighted by Gasteiger charge is -2.13. The molecule has 1 fully saturated rings. The monoisotopic (exact) mass is 275 g/mol. The van der Waals surface area contributed by atoms with Gasteiger partial charge in [-0.05, 0) is 18.9 Å². The molecule has 0 aromatic carbocycles. The third-order valence-electron chi connectivity index (χ3n) is 2.84. The van der Waals surface area contributed by atoms with Crippen LogP contribution in [-0.2, 0) is 6.42 Å². The Morgan fingerprint density at radius 3 is 3.06 bits per heavy atom. The Kier molecular flexibility index (Phi) is 5.36. The predicted molar refractivity (Wildman–Crippen MR) is 71.8 cm³/mol. The van der Waals surface area contributed by atoms with Gasteiger partial charge in [0.2, 0.25) is 0 Å². The van der Waals surface area contributed by atoms with Gasteiger partial charge in [0, 0.05) is 24.9 Å². The first kappa shape index (κ1) is 14.4. The lowest BCUT2D eigenvalue weighted by atomic mass is 10.2. The second-order valence-corrected chi connectivity index (χ2v) is 5.25. The number of nitrogens with zero attached hydrogens (tertiary/aromatic N) is 2. The summed E-state index contributed by atoms with van der Waals surface area (Å²) in [5.74, 6) is 0.690. The number of aromatic nitrogens is 1. The Labute approximate surface area is 112 Å². The van der Waals surface area contributed by atoms with Gasteiger partial charge in [-0.2, -0.15) is 0 Å². The fourth-order valence-corrected chi connectivity index (χ4v) is 2.72. The number of thiazole rings is 1. The smallest absolute Gasteiger partial charge is 0.273 e. The molecule has 1 amide bonds. The second-order valence-electron chi connectivity index (χ2n) is 4.31. The van der Waals surface area contributed by atoms with Crippen molar-refractivity contribution in [1.29, 1.82) is 0 Å². The van der Waals surface area contributed by atoms with E-state index in [1.165, 1.54) is 11.3 Å². The van der Waals surface area contributed by atoms with Gasteiger partial charge < -0.3 is 10.6 Å². The number of rotatable bonds is 3. The maximum Gasteiger partial charge on any atom is 0.273 e. The van der Waals surface area contributed by atoms with E-state index in [0.29, 0.717) is 18.2 Å². The van der Waals surface area contributed by atoms with Crippen LogP contribution < -0.4 is 5.73 Å². The van der Waals surface area contributed by atoms with Crippen LogP contribution in [0.25, 0.3) is 0 Å². The molecule has 1 aromatic heterocycles.